The van der Waals surface area contributed by atoms with Gasteiger partial charge in [-0.3, -0.25) is 4.79 Å². The van der Waals surface area contributed by atoms with Crippen LogP contribution in [-0.4, -0.2) is 50.5 Å². The first-order valence-electron chi connectivity index (χ1n) is 13.5. The van der Waals surface area contributed by atoms with Gasteiger partial charge in [-0.05, 0) is 90.8 Å². The van der Waals surface area contributed by atoms with Gasteiger partial charge in [-0.1, -0.05) is 40.7 Å². The highest BCUT2D eigenvalue weighted by Gasteiger charge is 2.49. The molecule has 1 radical (unpaired) electrons. The first kappa shape index (κ1) is 28.8. The molecule has 1 aromatic heterocycles. The molecular formula is C31H39INO5Si. The third-order valence-electron chi connectivity index (χ3n) is 7.67. The fourth-order valence-corrected chi connectivity index (χ4v) is 7.38. The smallest absolute Gasteiger partial charge is 0.205 e. The minimum Gasteiger partial charge on any atom is -0.491 e. The summed E-state index contributed by atoms with van der Waals surface area (Å²) >= 11 is 2.30. The van der Waals surface area contributed by atoms with Gasteiger partial charge in [0.15, 0.2) is 11.6 Å². The van der Waals surface area contributed by atoms with Gasteiger partial charge < -0.3 is 23.6 Å². The van der Waals surface area contributed by atoms with Crippen LogP contribution >= 0.6 is 22.6 Å². The SMILES string of the molecule is C[Si](C)OC([C@@H]1OC(C)(C)O[C@@H]1COc1ccc2c(c1)C(C)(C)c1[nH]c3cc(I)ccc3c1C2=O)C(C)(C)C. The number of carbonyl (C=O) groups is 1. The maximum atomic E-state index is 13.7. The van der Waals surface area contributed by atoms with Crippen LogP contribution in [0.15, 0.2) is 36.4 Å². The van der Waals surface area contributed by atoms with Gasteiger partial charge in [-0.25, -0.2) is 0 Å². The van der Waals surface area contributed by atoms with Crippen molar-refractivity contribution in [3.63, 3.8) is 0 Å². The minimum atomic E-state index is -0.955. The number of aromatic amines is 1. The summed E-state index contributed by atoms with van der Waals surface area (Å²) in [5.74, 6) is 0.0305. The van der Waals surface area contributed by atoms with Crippen LogP contribution in [0.5, 0.6) is 5.75 Å². The Balaban J connectivity index is 1.43. The van der Waals surface area contributed by atoms with Crippen molar-refractivity contribution >= 4 is 48.3 Å². The Kier molecular flexibility index (Phi) is 7.36. The van der Waals surface area contributed by atoms with E-state index in [9.17, 15) is 4.79 Å². The molecule has 2 heterocycles. The van der Waals surface area contributed by atoms with E-state index in [-0.39, 0.29) is 29.5 Å². The summed E-state index contributed by atoms with van der Waals surface area (Å²) in [5.41, 5.74) is 3.87. The van der Waals surface area contributed by atoms with Gasteiger partial charge in [0, 0.05) is 31.1 Å². The lowest BCUT2D eigenvalue weighted by Crippen LogP contribution is -2.48. The molecule has 0 bridgehead atoms. The number of carbonyl (C=O) groups excluding carboxylic acids is 1. The van der Waals surface area contributed by atoms with Crippen molar-refractivity contribution in [2.45, 2.75) is 91.1 Å². The number of hydrogen-bond donors (Lipinski definition) is 1. The van der Waals surface area contributed by atoms with Gasteiger partial charge in [0.2, 0.25) is 9.04 Å². The number of fused-ring (bicyclic) bond motifs is 4. The van der Waals surface area contributed by atoms with Crippen LogP contribution in [0.4, 0.5) is 0 Å². The summed E-state index contributed by atoms with van der Waals surface area (Å²) < 4.78 is 26.7. The summed E-state index contributed by atoms with van der Waals surface area (Å²) in [6.45, 7) is 19.3. The number of H-pyrrole nitrogens is 1. The maximum absolute atomic E-state index is 13.7. The minimum absolute atomic E-state index is 0.0505. The zero-order valence-electron chi connectivity index (χ0n) is 24.3. The number of nitrogens with one attached hydrogen (secondary N) is 1. The molecule has 1 fully saturated rings. The van der Waals surface area contributed by atoms with Gasteiger partial charge in [0.05, 0.1) is 11.7 Å². The Morgan fingerprint density at radius 2 is 1.79 bits per heavy atom. The Morgan fingerprint density at radius 3 is 2.46 bits per heavy atom. The van der Waals surface area contributed by atoms with Crippen molar-refractivity contribution in [3.8, 4) is 5.75 Å². The van der Waals surface area contributed by atoms with E-state index in [0.717, 1.165) is 36.9 Å². The molecule has 0 spiro atoms. The molecule has 209 valence electrons. The number of rotatable bonds is 6. The molecule has 2 aliphatic rings. The van der Waals surface area contributed by atoms with Gasteiger partial charge in [-0.15, -0.1) is 0 Å². The van der Waals surface area contributed by atoms with Gasteiger partial charge in [0.1, 0.15) is 24.6 Å². The second kappa shape index (κ2) is 9.97. The van der Waals surface area contributed by atoms with Gasteiger partial charge >= 0.3 is 0 Å². The summed E-state index contributed by atoms with van der Waals surface area (Å²) in [7, 11) is -0.955. The van der Waals surface area contributed by atoms with Crippen LogP contribution in [0.25, 0.3) is 10.9 Å². The third-order valence-corrected chi connectivity index (χ3v) is 9.07. The molecule has 3 atom stereocenters. The second-order valence-corrected chi connectivity index (χ2v) is 16.3. The topological polar surface area (TPSA) is 69.8 Å². The molecule has 1 unspecified atom stereocenters. The molecule has 2 aromatic carbocycles. The number of benzene rings is 2. The van der Waals surface area contributed by atoms with Crippen molar-refractivity contribution in [1.82, 2.24) is 4.98 Å². The molecule has 1 aliphatic heterocycles. The maximum Gasteiger partial charge on any atom is 0.205 e. The van der Waals surface area contributed by atoms with Crippen molar-refractivity contribution < 1.29 is 23.4 Å². The molecule has 1 N–H and O–H groups in total. The lowest BCUT2D eigenvalue weighted by molar-refractivity contribution is -0.160. The molecule has 39 heavy (non-hydrogen) atoms. The summed E-state index contributed by atoms with van der Waals surface area (Å²) in [5, 5.41) is 0.973. The van der Waals surface area contributed by atoms with Crippen LogP contribution in [0.2, 0.25) is 13.1 Å². The molecule has 6 nitrogen and oxygen atoms in total. The zero-order chi connectivity index (χ0) is 28.5. The Labute approximate surface area is 247 Å². The van der Waals surface area contributed by atoms with E-state index in [1.54, 1.807) is 0 Å². The summed E-state index contributed by atoms with van der Waals surface area (Å²) in [6, 6.07) is 12.0. The Morgan fingerprint density at radius 1 is 1.08 bits per heavy atom. The number of ketones is 1. The zero-order valence-corrected chi connectivity index (χ0v) is 27.5. The lowest BCUT2D eigenvalue weighted by Gasteiger charge is -2.37. The molecule has 5 rings (SSSR count). The molecule has 3 aromatic rings. The molecular weight excluding hydrogens is 621 g/mol. The predicted octanol–water partition coefficient (Wildman–Crippen LogP) is 7.22. The predicted molar refractivity (Wildman–Crippen MR) is 164 cm³/mol. The van der Waals surface area contributed by atoms with E-state index in [1.165, 1.54) is 0 Å². The number of hydrogen-bond acceptors (Lipinski definition) is 5. The van der Waals surface area contributed by atoms with E-state index in [1.807, 2.05) is 44.2 Å². The van der Waals surface area contributed by atoms with Crippen LogP contribution in [-0.2, 0) is 19.3 Å². The average Bonchev–Trinajstić information content (AvgIpc) is 3.36. The highest BCUT2D eigenvalue weighted by atomic mass is 127. The first-order valence-corrected chi connectivity index (χ1v) is 17.0. The number of halogens is 1. The van der Waals surface area contributed by atoms with Gasteiger partial charge in [-0.2, -0.15) is 0 Å². The third kappa shape index (κ3) is 5.35. The molecule has 8 heteroatoms. The van der Waals surface area contributed by atoms with Gasteiger partial charge in [0.25, 0.3) is 0 Å². The standard InChI is InChI=1S/C31H39INO5Si/c1-29(2,3)28(38-39(8)9)26-23(36-31(6,7)37-26)16-35-18-11-13-19-21(15-18)30(4,5)27-24(25(19)34)20-12-10-17(32)14-22(20)33-27/h10-15,23,26,28,33H,16H2,1-9H3/t23-,26-,28?/m1/s1. The molecule has 1 aliphatic carbocycles. The average molecular weight is 661 g/mol. The molecule has 0 amide bonds. The van der Waals surface area contributed by atoms with Crippen molar-refractivity contribution in [2.75, 3.05) is 6.61 Å². The Bertz CT molecular complexity index is 1420. The monoisotopic (exact) mass is 660 g/mol. The summed E-state index contributed by atoms with van der Waals surface area (Å²) in [4.78, 5) is 17.3. The number of aromatic nitrogens is 1. The number of ether oxygens (including phenoxy) is 3. The van der Waals surface area contributed by atoms with E-state index in [2.05, 4.69) is 81.4 Å². The lowest BCUT2D eigenvalue weighted by atomic mass is 9.71. The van der Waals surface area contributed by atoms with Crippen molar-refractivity contribution in [1.29, 1.82) is 0 Å². The van der Waals surface area contributed by atoms with E-state index >= 15 is 0 Å². The van der Waals surface area contributed by atoms with E-state index in [0.29, 0.717) is 12.4 Å². The van der Waals surface area contributed by atoms with E-state index in [4.69, 9.17) is 18.6 Å². The highest BCUT2D eigenvalue weighted by molar-refractivity contribution is 14.1. The molecule has 1 saturated heterocycles. The fraction of sp³-hybridized carbons (Fsp3) is 0.516. The fourth-order valence-electron chi connectivity index (χ4n) is 5.89. The van der Waals surface area contributed by atoms with Crippen LogP contribution < -0.4 is 4.74 Å². The quantitative estimate of drug-likeness (QED) is 0.223. The largest absolute Gasteiger partial charge is 0.491 e. The van der Waals surface area contributed by atoms with E-state index < -0.39 is 20.2 Å². The van der Waals surface area contributed by atoms with Crippen LogP contribution in [0, 0.1) is 8.99 Å². The summed E-state index contributed by atoms with van der Waals surface area (Å²) in [6.07, 6.45) is -0.674. The van der Waals surface area contributed by atoms with Crippen LogP contribution in [0.1, 0.15) is 75.6 Å². The second-order valence-electron chi connectivity index (χ2n) is 13.0. The van der Waals surface area contributed by atoms with Crippen molar-refractivity contribution in [3.05, 3.63) is 62.4 Å². The Hall–Kier alpha value is -1.72. The normalized spacial score (nSPS) is 22.7. The highest BCUT2D eigenvalue weighted by Crippen LogP contribution is 2.45. The molecule has 0 saturated carbocycles. The van der Waals surface area contributed by atoms with Crippen molar-refractivity contribution in [2.24, 2.45) is 5.41 Å². The van der Waals surface area contributed by atoms with Crippen LogP contribution in [0.3, 0.4) is 0 Å². The first-order chi connectivity index (χ1) is 18.1.